The summed E-state index contributed by atoms with van der Waals surface area (Å²) in [6, 6.07) is 2.46. The number of rotatable bonds is 4. The van der Waals surface area contributed by atoms with E-state index in [1.54, 1.807) is 0 Å². The molecule has 11 heteroatoms. The maximum atomic E-state index is 11.5. The summed E-state index contributed by atoms with van der Waals surface area (Å²) in [5, 5.41) is 38.2. The Morgan fingerprint density at radius 3 is 1.48 bits per heavy atom. The van der Waals surface area contributed by atoms with Gasteiger partial charge < -0.3 is 10.2 Å². The maximum absolute atomic E-state index is 11.5. The molecule has 10 nitrogen and oxygen atoms in total. The Bertz CT molecular complexity index is 775. The number of carboxylic acid groups (broad SMARTS) is 2. The molecule has 1 radical (unpaired) electrons. The first-order chi connectivity index (χ1) is 10.6. The molecule has 0 aliphatic heterocycles. The third kappa shape index (κ3) is 2.95. The van der Waals surface area contributed by atoms with Crippen LogP contribution in [0.3, 0.4) is 0 Å². The fourth-order valence-corrected chi connectivity index (χ4v) is 2.04. The normalized spacial score (nSPS) is 10.1. The van der Waals surface area contributed by atoms with Crippen LogP contribution in [0.4, 0.5) is 0 Å². The van der Waals surface area contributed by atoms with Crippen LogP contribution < -0.4 is 0 Å². The summed E-state index contributed by atoms with van der Waals surface area (Å²) in [6.45, 7) is 0. The molecule has 0 saturated heterocycles. The SMILES string of the molecule is O=C(O)c1cc(-c2cn[nH]n2)c(C(=O)O)cc1-c1cn[nH]n1.[Cu]. The molecule has 2 heterocycles. The van der Waals surface area contributed by atoms with Crippen LogP contribution in [0.2, 0.25) is 0 Å². The number of aromatic nitrogens is 6. The summed E-state index contributed by atoms with van der Waals surface area (Å²) in [7, 11) is 0. The standard InChI is InChI=1S/C12H8N6O4.Cu/c19-11(20)7-1-5(9-3-13-17-15-9)8(12(21)22)2-6(7)10-4-14-18-16-10;/h1-4H,(H,19,20)(H,21,22)(H,13,15,17)(H,14,16,18);. The first-order valence-corrected chi connectivity index (χ1v) is 5.95. The van der Waals surface area contributed by atoms with Crippen molar-refractivity contribution in [1.29, 1.82) is 0 Å². The Hall–Kier alpha value is -3.04. The predicted molar refractivity (Wildman–Crippen MR) is 71.1 cm³/mol. The Morgan fingerprint density at radius 2 is 1.22 bits per heavy atom. The van der Waals surface area contributed by atoms with Crippen molar-refractivity contribution in [2.45, 2.75) is 0 Å². The number of aromatic carboxylic acids is 2. The van der Waals surface area contributed by atoms with Gasteiger partial charge in [0, 0.05) is 28.2 Å². The van der Waals surface area contributed by atoms with Crippen molar-refractivity contribution >= 4 is 11.9 Å². The Morgan fingerprint density at radius 1 is 0.826 bits per heavy atom. The molecule has 0 atom stereocenters. The largest absolute Gasteiger partial charge is 0.478 e. The van der Waals surface area contributed by atoms with Crippen LogP contribution in [0.5, 0.6) is 0 Å². The van der Waals surface area contributed by atoms with Gasteiger partial charge >= 0.3 is 11.9 Å². The Labute approximate surface area is 138 Å². The second-order valence-corrected chi connectivity index (χ2v) is 4.26. The van der Waals surface area contributed by atoms with E-state index in [1.165, 1.54) is 24.5 Å². The van der Waals surface area contributed by atoms with E-state index in [4.69, 9.17) is 0 Å². The molecule has 0 aliphatic carbocycles. The van der Waals surface area contributed by atoms with Crippen LogP contribution >= 0.6 is 0 Å². The summed E-state index contributed by atoms with van der Waals surface area (Å²) in [6.07, 6.45) is 2.62. The van der Waals surface area contributed by atoms with Gasteiger partial charge in [-0.05, 0) is 12.1 Å². The van der Waals surface area contributed by atoms with Crippen molar-refractivity contribution in [3.05, 3.63) is 35.7 Å². The van der Waals surface area contributed by atoms with Gasteiger partial charge in [0.05, 0.1) is 23.5 Å². The minimum atomic E-state index is -1.22. The number of nitrogens with zero attached hydrogens (tertiary/aromatic N) is 4. The van der Waals surface area contributed by atoms with Crippen LogP contribution in [0.15, 0.2) is 24.5 Å². The van der Waals surface area contributed by atoms with Gasteiger partial charge in [0.15, 0.2) is 0 Å². The number of benzene rings is 1. The zero-order valence-corrected chi connectivity index (χ0v) is 12.1. The molecular formula is C12H8CuN6O4. The molecule has 0 amide bonds. The summed E-state index contributed by atoms with van der Waals surface area (Å²) < 4.78 is 0. The van der Waals surface area contributed by atoms with Gasteiger partial charge in [0.1, 0.15) is 11.4 Å². The van der Waals surface area contributed by atoms with Crippen LogP contribution in [-0.4, -0.2) is 53.0 Å². The Balaban J connectivity index is 0.00000192. The van der Waals surface area contributed by atoms with Crippen molar-refractivity contribution in [2.24, 2.45) is 0 Å². The molecule has 3 aromatic rings. The van der Waals surface area contributed by atoms with Gasteiger partial charge in [-0.25, -0.2) is 9.59 Å². The molecule has 3 rings (SSSR count). The van der Waals surface area contributed by atoms with Gasteiger partial charge in [-0.2, -0.15) is 30.8 Å². The van der Waals surface area contributed by atoms with Crippen molar-refractivity contribution in [3.8, 4) is 22.5 Å². The van der Waals surface area contributed by atoms with E-state index >= 15 is 0 Å². The average Bonchev–Trinajstić information content (AvgIpc) is 3.19. The smallest absolute Gasteiger partial charge is 0.336 e. The molecule has 2 aromatic heterocycles. The molecule has 0 aliphatic rings. The van der Waals surface area contributed by atoms with Gasteiger partial charge in [-0.3, -0.25) is 0 Å². The summed E-state index contributed by atoms with van der Waals surface area (Å²) >= 11 is 0. The van der Waals surface area contributed by atoms with Crippen molar-refractivity contribution in [2.75, 3.05) is 0 Å². The minimum absolute atomic E-state index is 0. The molecule has 121 valence electrons. The van der Waals surface area contributed by atoms with Crippen LogP contribution in [0.1, 0.15) is 20.7 Å². The van der Waals surface area contributed by atoms with Crippen LogP contribution in [0, 0.1) is 0 Å². The van der Waals surface area contributed by atoms with Gasteiger partial charge in [0.25, 0.3) is 0 Å². The van der Waals surface area contributed by atoms with Gasteiger partial charge in [-0.1, -0.05) is 0 Å². The fraction of sp³-hybridized carbons (Fsp3) is 0. The second kappa shape index (κ2) is 6.38. The summed E-state index contributed by atoms with van der Waals surface area (Å²) in [5.74, 6) is -2.45. The second-order valence-electron chi connectivity index (χ2n) is 4.26. The van der Waals surface area contributed by atoms with E-state index in [2.05, 4.69) is 30.8 Å². The number of hydrogen-bond acceptors (Lipinski definition) is 6. The zero-order chi connectivity index (χ0) is 15.7. The quantitative estimate of drug-likeness (QED) is 0.492. The molecule has 1 aromatic carbocycles. The van der Waals surface area contributed by atoms with Gasteiger partial charge in [-0.15, -0.1) is 0 Å². The van der Waals surface area contributed by atoms with Crippen molar-refractivity contribution < 1.29 is 36.9 Å². The molecule has 0 spiro atoms. The molecular weight excluding hydrogens is 356 g/mol. The monoisotopic (exact) mass is 363 g/mol. The fourth-order valence-electron chi connectivity index (χ4n) is 2.04. The number of aromatic amines is 2. The maximum Gasteiger partial charge on any atom is 0.336 e. The number of H-pyrrole nitrogens is 2. The third-order valence-electron chi connectivity index (χ3n) is 3.00. The Kier molecular flexibility index (Phi) is 4.53. The summed E-state index contributed by atoms with van der Waals surface area (Å²) in [4.78, 5) is 22.9. The van der Waals surface area contributed by atoms with E-state index in [9.17, 15) is 19.8 Å². The van der Waals surface area contributed by atoms with E-state index in [0.717, 1.165) is 0 Å². The molecule has 0 fully saturated rings. The van der Waals surface area contributed by atoms with E-state index in [1.807, 2.05) is 0 Å². The van der Waals surface area contributed by atoms with Crippen molar-refractivity contribution in [1.82, 2.24) is 30.8 Å². The zero-order valence-electron chi connectivity index (χ0n) is 11.1. The number of hydrogen-bond donors (Lipinski definition) is 4. The summed E-state index contributed by atoms with van der Waals surface area (Å²) in [5.41, 5.74) is 0.517. The number of nitrogens with one attached hydrogen (secondary N) is 2. The van der Waals surface area contributed by atoms with Crippen LogP contribution in [-0.2, 0) is 17.1 Å². The van der Waals surface area contributed by atoms with Crippen molar-refractivity contribution in [3.63, 3.8) is 0 Å². The van der Waals surface area contributed by atoms with E-state index < -0.39 is 11.9 Å². The van der Waals surface area contributed by atoms with E-state index in [-0.39, 0.29) is 50.7 Å². The van der Waals surface area contributed by atoms with Crippen LogP contribution in [0.25, 0.3) is 22.5 Å². The molecule has 0 bridgehead atoms. The van der Waals surface area contributed by atoms with E-state index in [0.29, 0.717) is 0 Å². The molecule has 23 heavy (non-hydrogen) atoms. The predicted octanol–water partition coefficient (Wildman–Crippen LogP) is 0.651. The number of carbonyl (C=O) groups is 2. The molecule has 0 saturated carbocycles. The first-order valence-electron chi connectivity index (χ1n) is 5.95. The first kappa shape index (κ1) is 16.3. The molecule has 4 N–H and O–H groups in total. The average molecular weight is 364 g/mol. The minimum Gasteiger partial charge on any atom is -0.478 e. The van der Waals surface area contributed by atoms with Gasteiger partial charge in [0.2, 0.25) is 0 Å². The number of carboxylic acids is 2. The third-order valence-corrected chi connectivity index (χ3v) is 3.00. The topological polar surface area (TPSA) is 158 Å². The molecule has 0 unspecified atom stereocenters.